The number of aromatic amines is 1. The van der Waals surface area contributed by atoms with Gasteiger partial charge in [0.2, 0.25) is 0 Å². The molecule has 0 saturated heterocycles. The summed E-state index contributed by atoms with van der Waals surface area (Å²) < 4.78 is 0. The Morgan fingerprint density at radius 1 is 1.16 bits per heavy atom. The molecule has 8 nitrogen and oxygen atoms in total. The first-order valence-corrected chi connectivity index (χ1v) is 9.97. The molecule has 4 N–H and O–H groups in total. The highest BCUT2D eigenvalue weighted by molar-refractivity contribution is 5.92. The molecule has 3 rings (SSSR count). The van der Waals surface area contributed by atoms with Gasteiger partial charge in [0.25, 0.3) is 5.91 Å². The number of aliphatic hydroxyl groups excluding tert-OH is 1. The third-order valence-electron chi connectivity index (χ3n) is 5.33. The number of benzene rings is 2. The van der Waals surface area contributed by atoms with Crippen molar-refractivity contribution in [3.8, 4) is 11.1 Å². The number of aliphatic hydroxyl groups is 1. The summed E-state index contributed by atoms with van der Waals surface area (Å²) >= 11 is 0. The van der Waals surface area contributed by atoms with Crippen LogP contribution in [0, 0.1) is 12.3 Å². The molecule has 0 radical (unpaired) electrons. The van der Waals surface area contributed by atoms with Gasteiger partial charge in [0.15, 0.2) is 5.69 Å². The Hall–Kier alpha value is -3.52. The molecule has 1 amide bonds. The van der Waals surface area contributed by atoms with E-state index in [4.69, 9.17) is 0 Å². The van der Waals surface area contributed by atoms with Crippen molar-refractivity contribution in [2.24, 2.45) is 5.41 Å². The van der Waals surface area contributed by atoms with Crippen LogP contribution in [-0.4, -0.2) is 50.1 Å². The van der Waals surface area contributed by atoms with Crippen LogP contribution in [0.25, 0.3) is 11.1 Å². The number of nitrogens with zero attached hydrogens (tertiary/aromatic N) is 2. The van der Waals surface area contributed by atoms with Crippen LogP contribution < -0.4 is 5.32 Å². The minimum atomic E-state index is -1.39. The number of H-pyrrole nitrogens is 1. The molecule has 0 aliphatic carbocycles. The Bertz CT molecular complexity index is 1030. The van der Waals surface area contributed by atoms with Crippen LogP contribution in [0.4, 0.5) is 0 Å². The van der Waals surface area contributed by atoms with Gasteiger partial charge in [0, 0.05) is 6.04 Å². The summed E-state index contributed by atoms with van der Waals surface area (Å²) in [4.78, 5) is 24.2. The highest BCUT2D eigenvalue weighted by Gasteiger charge is 2.36. The van der Waals surface area contributed by atoms with E-state index in [2.05, 4.69) is 26.8 Å². The second-order valence-corrected chi connectivity index (χ2v) is 8.02. The second kappa shape index (κ2) is 9.53. The van der Waals surface area contributed by atoms with Gasteiger partial charge < -0.3 is 15.5 Å². The first kappa shape index (κ1) is 22.2. The monoisotopic (exact) mass is 422 g/mol. The summed E-state index contributed by atoms with van der Waals surface area (Å²) in [6.45, 7) is 2.97. The topological polar surface area (TPSA) is 128 Å². The molecular formula is C23H26N4O4. The van der Waals surface area contributed by atoms with Gasteiger partial charge in [-0.15, -0.1) is 0 Å². The zero-order valence-corrected chi connectivity index (χ0v) is 17.5. The maximum atomic E-state index is 12.5. The van der Waals surface area contributed by atoms with Crippen LogP contribution in [0.1, 0.15) is 35.0 Å². The van der Waals surface area contributed by atoms with Crippen molar-refractivity contribution in [2.75, 3.05) is 6.61 Å². The lowest BCUT2D eigenvalue weighted by atomic mass is 9.82. The Labute approximate surface area is 180 Å². The van der Waals surface area contributed by atoms with E-state index in [0.29, 0.717) is 6.42 Å². The zero-order valence-electron chi connectivity index (χ0n) is 17.5. The lowest BCUT2D eigenvalue weighted by molar-refractivity contribution is -0.151. The van der Waals surface area contributed by atoms with E-state index in [1.807, 2.05) is 49.4 Å². The Balaban J connectivity index is 1.80. The number of nitrogens with one attached hydrogen (secondary N) is 2. The third kappa shape index (κ3) is 5.55. The molecule has 2 atom stereocenters. The Morgan fingerprint density at radius 2 is 1.90 bits per heavy atom. The van der Waals surface area contributed by atoms with E-state index < -0.39 is 29.9 Å². The molecule has 162 valence electrons. The number of carbonyl (C=O) groups is 2. The number of carbonyl (C=O) groups excluding carboxylic acids is 1. The van der Waals surface area contributed by atoms with Gasteiger partial charge in [-0.3, -0.25) is 9.59 Å². The largest absolute Gasteiger partial charge is 0.481 e. The van der Waals surface area contributed by atoms with Gasteiger partial charge in [0.05, 0.1) is 18.2 Å². The first-order chi connectivity index (χ1) is 14.8. The quantitative estimate of drug-likeness (QED) is 0.420. The number of rotatable bonds is 9. The molecule has 2 unspecified atom stereocenters. The minimum absolute atomic E-state index is 0.0576. The van der Waals surface area contributed by atoms with Crippen LogP contribution >= 0.6 is 0 Å². The molecule has 0 bridgehead atoms. The molecule has 2 aromatic carbocycles. The number of aryl methyl sites for hydroxylation is 1. The maximum absolute atomic E-state index is 12.5. The average Bonchev–Trinajstić information content (AvgIpc) is 3.29. The van der Waals surface area contributed by atoms with Gasteiger partial charge >= 0.3 is 5.97 Å². The van der Waals surface area contributed by atoms with Crippen LogP contribution in [-0.2, 0) is 11.2 Å². The number of amides is 1. The molecule has 31 heavy (non-hydrogen) atoms. The Kier molecular flexibility index (Phi) is 6.81. The van der Waals surface area contributed by atoms with Crippen molar-refractivity contribution < 1.29 is 19.8 Å². The minimum Gasteiger partial charge on any atom is -0.481 e. The van der Waals surface area contributed by atoms with Crippen molar-refractivity contribution >= 4 is 11.9 Å². The van der Waals surface area contributed by atoms with E-state index in [-0.39, 0.29) is 12.1 Å². The van der Waals surface area contributed by atoms with Gasteiger partial charge in [0.1, 0.15) is 0 Å². The summed E-state index contributed by atoms with van der Waals surface area (Å²) in [5.74, 6) is -1.58. The molecule has 1 heterocycles. The van der Waals surface area contributed by atoms with Crippen molar-refractivity contribution in [3.63, 3.8) is 0 Å². The second-order valence-electron chi connectivity index (χ2n) is 8.02. The molecule has 1 aromatic heterocycles. The van der Waals surface area contributed by atoms with Crippen LogP contribution in [0.2, 0.25) is 0 Å². The van der Waals surface area contributed by atoms with E-state index in [1.54, 1.807) is 0 Å². The van der Waals surface area contributed by atoms with Crippen LogP contribution in [0.3, 0.4) is 0 Å². The summed E-state index contributed by atoms with van der Waals surface area (Å²) in [5.41, 5.74) is 3.02. The number of carboxylic acids is 1. The van der Waals surface area contributed by atoms with Crippen LogP contribution in [0.15, 0.2) is 54.7 Å². The fraction of sp³-hybridized carbons (Fsp3) is 0.304. The number of aromatic nitrogens is 3. The average molecular weight is 422 g/mol. The maximum Gasteiger partial charge on any atom is 0.311 e. The molecule has 0 fully saturated rings. The molecule has 8 heteroatoms. The number of hydrogen-bond donors (Lipinski definition) is 4. The van der Waals surface area contributed by atoms with Crippen molar-refractivity contribution in [1.82, 2.24) is 20.7 Å². The van der Waals surface area contributed by atoms with Gasteiger partial charge in [-0.2, -0.15) is 15.4 Å². The van der Waals surface area contributed by atoms with Crippen molar-refractivity contribution in [2.45, 2.75) is 32.7 Å². The molecule has 0 aliphatic heterocycles. The lowest BCUT2D eigenvalue weighted by Gasteiger charge is -2.28. The summed E-state index contributed by atoms with van der Waals surface area (Å²) in [6.07, 6.45) is 1.76. The van der Waals surface area contributed by atoms with E-state index in [0.717, 1.165) is 16.7 Å². The molecule has 0 spiro atoms. The summed E-state index contributed by atoms with van der Waals surface area (Å²) in [5, 5.41) is 31.8. The highest BCUT2D eigenvalue weighted by Crippen LogP contribution is 2.26. The fourth-order valence-corrected chi connectivity index (χ4v) is 3.45. The molecule has 0 saturated carbocycles. The van der Waals surface area contributed by atoms with Crippen molar-refractivity contribution in [1.29, 1.82) is 0 Å². The smallest absolute Gasteiger partial charge is 0.311 e. The van der Waals surface area contributed by atoms with Gasteiger partial charge in [-0.25, -0.2) is 0 Å². The molecular weight excluding hydrogens is 396 g/mol. The van der Waals surface area contributed by atoms with Crippen LogP contribution in [0.5, 0.6) is 0 Å². The van der Waals surface area contributed by atoms with Crippen molar-refractivity contribution in [3.05, 3.63) is 71.5 Å². The standard InChI is InChI=1S/C23H26N4O4/c1-15-4-3-5-18(10-15)17-8-6-16(7-9-17)11-19(12-23(2,14-28)22(30)31)25-21(29)20-13-24-27-26-20/h3-10,13,19,28H,11-12,14H2,1-2H3,(H,25,29)(H,30,31)(H,24,26,27). The summed E-state index contributed by atoms with van der Waals surface area (Å²) in [6, 6.07) is 15.6. The normalized spacial score (nSPS) is 13.9. The molecule has 3 aromatic rings. The SMILES string of the molecule is Cc1cccc(-c2ccc(CC(CC(C)(CO)C(=O)O)NC(=O)c3cn[nH]n3)cc2)c1. The summed E-state index contributed by atoms with van der Waals surface area (Å²) in [7, 11) is 0. The van der Waals surface area contributed by atoms with E-state index >= 15 is 0 Å². The number of carboxylic acid groups (broad SMARTS) is 1. The van der Waals surface area contributed by atoms with E-state index in [9.17, 15) is 19.8 Å². The van der Waals surface area contributed by atoms with Gasteiger partial charge in [-0.1, -0.05) is 54.1 Å². The predicted octanol–water partition coefficient (Wildman–Crippen LogP) is 2.59. The molecule has 0 aliphatic rings. The predicted molar refractivity (Wildman–Crippen MR) is 115 cm³/mol. The first-order valence-electron chi connectivity index (χ1n) is 9.97. The van der Waals surface area contributed by atoms with Gasteiger partial charge in [-0.05, 0) is 43.4 Å². The highest BCUT2D eigenvalue weighted by atomic mass is 16.4. The number of aliphatic carboxylic acids is 1. The zero-order chi connectivity index (χ0) is 22.4. The van der Waals surface area contributed by atoms with E-state index in [1.165, 1.54) is 18.7 Å². The number of hydrogen-bond acceptors (Lipinski definition) is 5. The lowest BCUT2D eigenvalue weighted by Crippen LogP contribution is -2.44. The third-order valence-corrected chi connectivity index (χ3v) is 5.33. The fourth-order valence-electron chi connectivity index (χ4n) is 3.45. The Morgan fingerprint density at radius 3 is 2.48 bits per heavy atom.